The largest absolute Gasteiger partial charge is 0.494 e. The number of hydrogen-bond donors (Lipinski definition) is 1. The minimum absolute atomic E-state index is 0.122. The summed E-state index contributed by atoms with van der Waals surface area (Å²) in [6.07, 6.45) is 1.60. The lowest BCUT2D eigenvalue weighted by atomic mass is 10.3. The first kappa shape index (κ1) is 16.3. The summed E-state index contributed by atoms with van der Waals surface area (Å²) in [6, 6.07) is 12.5. The lowest BCUT2D eigenvalue weighted by molar-refractivity contribution is 0.0660. The average molecular weight is 322 g/mol. The van der Waals surface area contributed by atoms with E-state index in [1.807, 2.05) is 30.3 Å². The van der Waals surface area contributed by atoms with Crippen LogP contribution in [0.1, 0.15) is 29.2 Å². The molecule has 1 heterocycles. The molecule has 1 atom stereocenters. The second kappa shape index (κ2) is 8.38. The zero-order valence-electron chi connectivity index (χ0n) is 12.1. The highest BCUT2D eigenvalue weighted by Crippen LogP contribution is 2.12. The molecule has 0 saturated carbocycles. The SMILES string of the molecule is O=C(O)c1ccc(CS(=O)CCCCOc2ccccc2)o1. The molecule has 5 nitrogen and oxygen atoms in total. The molecule has 0 spiro atoms. The van der Waals surface area contributed by atoms with Gasteiger partial charge in [-0.2, -0.15) is 0 Å². The number of hydrogen-bond acceptors (Lipinski definition) is 4. The summed E-state index contributed by atoms with van der Waals surface area (Å²) in [5, 5.41) is 8.74. The maximum Gasteiger partial charge on any atom is 0.371 e. The molecule has 0 amide bonds. The van der Waals surface area contributed by atoms with Gasteiger partial charge in [0.1, 0.15) is 11.5 Å². The average Bonchev–Trinajstić information content (AvgIpc) is 2.96. The summed E-state index contributed by atoms with van der Waals surface area (Å²) < 4.78 is 22.5. The van der Waals surface area contributed by atoms with Crippen LogP contribution in [0.4, 0.5) is 0 Å². The molecule has 0 aliphatic rings. The van der Waals surface area contributed by atoms with Crippen LogP contribution in [0.3, 0.4) is 0 Å². The molecule has 1 aromatic carbocycles. The van der Waals surface area contributed by atoms with E-state index < -0.39 is 16.8 Å². The number of aromatic carboxylic acids is 1. The molecule has 22 heavy (non-hydrogen) atoms. The van der Waals surface area contributed by atoms with Crippen molar-refractivity contribution in [1.29, 1.82) is 0 Å². The van der Waals surface area contributed by atoms with Gasteiger partial charge in [-0.15, -0.1) is 0 Å². The van der Waals surface area contributed by atoms with Gasteiger partial charge < -0.3 is 14.3 Å². The maximum absolute atomic E-state index is 11.9. The molecule has 6 heteroatoms. The van der Waals surface area contributed by atoms with Crippen molar-refractivity contribution >= 4 is 16.8 Å². The van der Waals surface area contributed by atoms with Crippen molar-refractivity contribution in [3.8, 4) is 5.75 Å². The third-order valence-corrected chi connectivity index (χ3v) is 4.30. The zero-order valence-corrected chi connectivity index (χ0v) is 12.9. The summed E-state index contributed by atoms with van der Waals surface area (Å²) in [6.45, 7) is 0.588. The normalized spacial score (nSPS) is 12.0. The van der Waals surface area contributed by atoms with Crippen LogP contribution in [0.15, 0.2) is 46.9 Å². The summed E-state index contributed by atoms with van der Waals surface area (Å²) in [5.41, 5.74) is 0. The Balaban J connectivity index is 1.62. The van der Waals surface area contributed by atoms with E-state index in [4.69, 9.17) is 14.3 Å². The molecule has 2 aromatic rings. The fourth-order valence-corrected chi connectivity index (χ4v) is 3.02. The molecular formula is C16H18O5S. The number of para-hydroxylation sites is 1. The van der Waals surface area contributed by atoms with E-state index in [1.54, 1.807) is 6.07 Å². The van der Waals surface area contributed by atoms with Gasteiger partial charge in [0.15, 0.2) is 0 Å². The van der Waals surface area contributed by atoms with Gasteiger partial charge in [-0.3, -0.25) is 4.21 Å². The topological polar surface area (TPSA) is 76.7 Å². The Morgan fingerprint density at radius 1 is 1.14 bits per heavy atom. The van der Waals surface area contributed by atoms with E-state index in [1.165, 1.54) is 6.07 Å². The number of unbranched alkanes of at least 4 members (excludes halogenated alkanes) is 1. The smallest absolute Gasteiger partial charge is 0.371 e. The molecule has 0 aliphatic heterocycles. The Bertz CT molecular complexity index is 620. The van der Waals surface area contributed by atoms with Gasteiger partial charge >= 0.3 is 5.97 Å². The summed E-state index contributed by atoms with van der Waals surface area (Å²) in [7, 11) is -1.06. The molecule has 118 valence electrons. The van der Waals surface area contributed by atoms with E-state index in [2.05, 4.69) is 0 Å². The van der Waals surface area contributed by atoms with Gasteiger partial charge in [0, 0.05) is 16.6 Å². The number of benzene rings is 1. The standard InChI is InChI=1S/C16H18O5S/c17-16(18)15-9-8-14(21-15)12-22(19)11-5-4-10-20-13-6-2-1-3-7-13/h1-3,6-9H,4-5,10-12H2,(H,17,18). The highest BCUT2D eigenvalue weighted by Gasteiger charge is 2.11. The zero-order chi connectivity index (χ0) is 15.8. The minimum atomic E-state index is -1.12. The molecule has 0 radical (unpaired) electrons. The molecule has 1 aromatic heterocycles. The first-order chi connectivity index (χ1) is 10.6. The Morgan fingerprint density at radius 2 is 1.91 bits per heavy atom. The van der Waals surface area contributed by atoms with Gasteiger partial charge in [0.25, 0.3) is 0 Å². The predicted octanol–water partition coefficient (Wildman–Crippen LogP) is 3.09. The predicted molar refractivity (Wildman–Crippen MR) is 83.6 cm³/mol. The van der Waals surface area contributed by atoms with Crippen LogP contribution in [0.25, 0.3) is 0 Å². The summed E-state index contributed by atoms with van der Waals surface area (Å²) in [4.78, 5) is 10.7. The van der Waals surface area contributed by atoms with Crippen molar-refractivity contribution in [1.82, 2.24) is 0 Å². The number of furan rings is 1. The van der Waals surface area contributed by atoms with E-state index in [0.717, 1.165) is 18.6 Å². The van der Waals surface area contributed by atoms with E-state index in [-0.39, 0.29) is 11.5 Å². The van der Waals surface area contributed by atoms with Crippen molar-refractivity contribution in [3.63, 3.8) is 0 Å². The molecule has 0 aliphatic carbocycles. The molecule has 2 rings (SSSR count). The first-order valence-electron chi connectivity index (χ1n) is 7.00. The highest BCUT2D eigenvalue weighted by molar-refractivity contribution is 7.84. The molecule has 0 fully saturated rings. The van der Waals surface area contributed by atoms with E-state index in [9.17, 15) is 9.00 Å². The quantitative estimate of drug-likeness (QED) is 0.718. The third-order valence-electron chi connectivity index (χ3n) is 2.95. The Morgan fingerprint density at radius 3 is 2.59 bits per heavy atom. The van der Waals surface area contributed by atoms with Crippen molar-refractivity contribution < 1.29 is 23.3 Å². The van der Waals surface area contributed by atoms with Crippen molar-refractivity contribution in [3.05, 3.63) is 54.0 Å². The van der Waals surface area contributed by atoms with Gasteiger partial charge in [0.05, 0.1) is 12.4 Å². The van der Waals surface area contributed by atoms with Crippen LogP contribution >= 0.6 is 0 Å². The molecule has 1 N–H and O–H groups in total. The summed E-state index contributed by atoms with van der Waals surface area (Å²) >= 11 is 0. The third kappa shape index (κ3) is 5.37. The van der Waals surface area contributed by atoms with Gasteiger partial charge in [-0.25, -0.2) is 4.79 Å². The van der Waals surface area contributed by atoms with Gasteiger partial charge in [-0.1, -0.05) is 18.2 Å². The van der Waals surface area contributed by atoms with E-state index in [0.29, 0.717) is 18.1 Å². The minimum Gasteiger partial charge on any atom is -0.494 e. The lowest BCUT2D eigenvalue weighted by Gasteiger charge is -2.05. The Hall–Kier alpha value is -2.08. The van der Waals surface area contributed by atoms with E-state index >= 15 is 0 Å². The Kier molecular flexibility index (Phi) is 6.21. The van der Waals surface area contributed by atoms with Crippen LogP contribution in [-0.4, -0.2) is 27.6 Å². The second-order valence-corrected chi connectivity index (χ2v) is 6.30. The van der Waals surface area contributed by atoms with Crippen molar-refractivity contribution in [2.24, 2.45) is 0 Å². The highest BCUT2D eigenvalue weighted by atomic mass is 32.2. The van der Waals surface area contributed by atoms with Gasteiger partial charge in [-0.05, 0) is 37.1 Å². The second-order valence-electron chi connectivity index (χ2n) is 4.73. The monoisotopic (exact) mass is 322 g/mol. The maximum atomic E-state index is 11.9. The number of carboxylic acid groups (broad SMARTS) is 1. The van der Waals surface area contributed by atoms with Crippen LogP contribution in [-0.2, 0) is 16.6 Å². The lowest BCUT2D eigenvalue weighted by Crippen LogP contribution is -2.04. The Labute approximate surface area is 131 Å². The van der Waals surface area contributed by atoms with Crippen LogP contribution in [0.2, 0.25) is 0 Å². The van der Waals surface area contributed by atoms with Crippen molar-refractivity contribution in [2.75, 3.05) is 12.4 Å². The number of carbonyl (C=O) groups is 1. The number of rotatable bonds is 9. The molecular weight excluding hydrogens is 304 g/mol. The van der Waals surface area contributed by atoms with Crippen molar-refractivity contribution in [2.45, 2.75) is 18.6 Å². The molecule has 0 bridgehead atoms. The number of ether oxygens (including phenoxy) is 1. The van der Waals surface area contributed by atoms with Crippen LogP contribution in [0.5, 0.6) is 5.75 Å². The fourth-order valence-electron chi connectivity index (χ4n) is 1.87. The van der Waals surface area contributed by atoms with Crippen LogP contribution in [0, 0.1) is 0 Å². The number of carboxylic acids is 1. The van der Waals surface area contributed by atoms with Crippen LogP contribution < -0.4 is 4.74 Å². The molecule has 0 saturated heterocycles. The molecule has 1 unspecified atom stereocenters. The van der Waals surface area contributed by atoms with Gasteiger partial charge in [0.2, 0.25) is 5.76 Å². The summed E-state index contributed by atoms with van der Waals surface area (Å²) in [5.74, 6) is 0.823. The first-order valence-corrected chi connectivity index (χ1v) is 8.49. The fraction of sp³-hybridized carbons (Fsp3) is 0.312.